The van der Waals surface area contributed by atoms with Crippen LogP contribution in [0.15, 0.2) is 0 Å². The zero-order chi connectivity index (χ0) is 13.8. The van der Waals surface area contributed by atoms with Crippen molar-refractivity contribution in [3.05, 3.63) is 0 Å². The van der Waals surface area contributed by atoms with Gasteiger partial charge in [0.2, 0.25) is 11.8 Å². The van der Waals surface area contributed by atoms with E-state index in [-0.39, 0.29) is 18.4 Å². The predicted octanol–water partition coefficient (Wildman–Crippen LogP) is 0.250. The smallest absolute Gasteiger partial charge is 0.239 e. The highest BCUT2D eigenvalue weighted by atomic mass is 16.2. The standard InChI is InChI=1S/C13H25N3O2/c1-9(2)6-15-11(17)7-16-12(18)13(8-14)4-10(3)5-13/h9-10H,4-8,14H2,1-3H3,(H,15,17)(H,16,18). The number of carbonyl (C=O) groups excluding carboxylic acids is 2. The zero-order valence-electron chi connectivity index (χ0n) is 11.6. The van der Waals surface area contributed by atoms with E-state index in [4.69, 9.17) is 5.73 Å². The Labute approximate surface area is 109 Å². The molecule has 5 nitrogen and oxygen atoms in total. The second-order valence-electron chi connectivity index (χ2n) is 5.88. The molecule has 4 N–H and O–H groups in total. The summed E-state index contributed by atoms with van der Waals surface area (Å²) in [7, 11) is 0. The summed E-state index contributed by atoms with van der Waals surface area (Å²) in [6, 6.07) is 0. The number of carbonyl (C=O) groups is 2. The summed E-state index contributed by atoms with van der Waals surface area (Å²) >= 11 is 0. The third kappa shape index (κ3) is 3.70. The molecule has 0 saturated heterocycles. The Morgan fingerprint density at radius 3 is 2.39 bits per heavy atom. The summed E-state index contributed by atoms with van der Waals surface area (Å²) < 4.78 is 0. The van der Waals surface area contributed by atoms with Gasteiger partial charge in [-0.3, -0.25) is 9.59 Å². The van der Waals surface area contributed by atoms with Crippen LogP contribution >= 0.6 is 0 Å². The van der Waals surface area contributed by atoms with E-state index < -0.39 is 5.41 Å². The van der Waals surface area contributed by atoms with Gasteiger partial charge < -0.3 is 16.4 Å². The Morgan fingerprint density at radius 1 is 1.33 bits per heavy atom. The van der Waals surface area contributed by atoms with Gasteiger partial charge in [-0.05, 0) is 24.7 Å². The number of rotatable bonds is 6. The fraction of sp³-hybridized carbons (Fsp3) is 0.846. The van der Waals surface area contributed by atoms with Crippen molar-refractivity contribution in [1.29, 1.82) is 0 Å². The molecular weight excluding hydrogens is 230 g/mol. The predicted molar refractivity (Wildman–Crippen MR) is 70.7 cm³/mol. The van der Waals surface area contributed by atoms with Crippen LogP contribution in [0.2, 0.25) is 0 Å². The van der Waals surface area contributed by atoms with Gasteiger partial charge in [0.1, 0.15) is 0 Å². The molecule has 0 unspecified atom stereocenters. The highest BCUT2D eigenvalue weighted by Gasteiger charge is 2.47. The van der Waals surface area contributed by atoms with Gasteiger partial charge in [-0.25, -0.2) is 0 Å². The van der Waals surface area contributed by atoms with Crippen LogP contribution in [0.4, 0.5) is 0 Å². The van der Waals surface area contributed by atoms with Gasteiger partial charge in [0.05, 0.1) is 12.0 Å². The Balaban J connectivity index is 2.30. The molecule has 1 fully saturated rings. The van der Waals surface area contributed by atoms with Crippen molar-refractivity contribution in [2.75, 3.05) is 19.6 Å². The van der Waals surface area contributed by atoms with E-state index in [9.17, 15) is 9.59 Å². The fourth-order valence-corrected chi connectivity index (χ4v) is 2.45. The molecule has 0 aromatic rings. The van der Waals surface area contributed by atoms with Crippen LogP contribution in [-0.4, -0.2) is 31.4 Å². The largest absolute Gasteiger partial charge is 0.354 e. The molecule has 2 amide bonds. The maximum Gasteiger partial charge on any atom is 0.239 e. The molecule has 104 valence electrons. The van der Waals surface area contributed by atoms with Crippen molar-refractivity contribution >= 4 is 11.8 Å². The van der Waals surface area contributed by atoms with Crippen LogP contribution in [0, 0.1) is 17.3 Å². The molecule has 1 rings (SSSR count). The van der Waals surface area contributed by atoms with Crippen molar-refractivity contribution in [3.8, 4) is 0 Å². The number of hydrogen-bond acceptors (Lipinski definition) is 3. The van der Waals surface area contributed by atoms with Gasteiger partial charge >= 0.3 is 0 Å². The Kier molecular flexibility index (Phi) is 5.14. The molecule has 0 aromatic heterocycles. The summed E-state index contributed by atoms with van der Waals surface area (Å²) in [5, 5.41) is 5.46. The summed E-state index contributed by atoms with van der Waals surface area (Å²) in [6.45, 7) is 7.19. The maximum absolute atomic E-state index is 12.0. The average Bonchev–Trinajstić information content (AvgIpc) is 2.28. The van der Waals surface area contributed by atoms with E-state index >= 15 is 0 Å². The third-order valence-electron chi connectivity index (χ3n) is 3.47. The van der Waals surface area contributed by atoms with Gasteiger partial charge in [-0.1, -0.05) is 20.8 Å². The third-order valence-corrected chi connectivity index (χ3v) is 3.47. The Hall–Kier alpha value is -1.10. The van der Waals surface area contributed by atoms with Crippen LogP contribution in [0.1, 0.15) is 33.6 Å². The first kappa shape index (κ1) is 15.0. The lowest BCUT2D eigenvalue weighted by Crippen LogP contribution is -2.54. The molecule has 1 aliphatic carbocycles. The monoisotopic (exact) mass is 255 g/mol. The Bertz CT molecular complexity index is 309. The molecule has 18 heavy (non-hydrogen) atoms. The first-order valence-electron chi connectivity index (χ1n) is 6.64. The van der Waals surface area contributed by atoms with Crippen LogP contribution in [-0.2, 0) is 9.59 Å². The van der Waals surface area contributed by atoms with E-state index in [1.807, 2.05) is 13.8 Å². The van der Waals surface area contributed by atoms with Gasteiger partial charge in [-0.15, -0.1) is 0 Å². The SMILES string of the molecule is CC(C)CNC(=O)CNC(=O)C1(CN)CC(C)C1. The maximum atomic E-state index is 12.0. The van der Waals surface area contributed by atoms with E-state index in [0.29, 0.717) is 24.9 Å². The Morgan fingerprint density at radius 2 is 1.94 bits per heavy atom. The first-order chi connectivity index (χ1) is 8.39. The molecule has 0 heterocycles. The van der Waals surface area contributed by atoms with Crippen LogP contribution in [0.5, 0.6) is 0 Å². The van der Waals surface area contributed by atoms with Crippen LogP contribution < -0.4 is 16.4 Å². The lowest BCUT2D eigenvalue weighted by atomic mass is 9.62. The summed E-state index contributed by atoms with van der Waals surface area (Å²) in [5.41, 5.74) is 5.24. The molecule has 0 bridgehead atoms. The summed E-state index contributed by atoms with van der Waals surface area (Å²) in [4.78, 5) is 23.5. The second-order valence-corrected chi connectivity index (χ2v) is 5.88. The van der Waals surface area contributed by atoms with Gasteiger partial charge in [0.25, 0.3) is 0 Å². The average molecular weight is 255 g/mol. The minimum absolute atomic E-state index is 0.0433. The minimum Gasteiger partial charge on any atom is -0.354 e. The van der Waals surface area contributed by atoms with Crippen LogP contribution in [0.3, 0.4) is 0 Å². The lowest BCUT2D eigenvalue weighted by molar-refractivity contribution is -0.139. The first-order valence-corrected chi connectivity index (χ1v) is 6.64. The molecular formula is C13H25N3O2. The number of nitrogens with two attached hydrogens (primary N) is 1. The number of hydrogen-bond donors (Lipinski definition) is 3. The molecule has 0 spiro atoms. The van der Waals surface area contributed by atoms with Gasteiger partial charge in [-0.2, -0.15) is 0 Å². The lowest BCUT2D eigenvalue weighted by Gasteiger charge is -2.44. The molecule has 0 aliphatic heterocycles. The summed E-state index contributed by atoms with van der Waals surface area (Å²) in [6.07, 6.45) is 1.64. The normalized spacial score (nSPS) is 26.6. The molecule has 0 atom stereocenters. The number of amides is 2. The van der Waals surface area contributed by atoms with E-state index in [1.165, 1.54) is 0 Å². The van der Waals surface area contributed by atoms with E-state index in [0.717, 1.165) is 12.8 Å². The molecule has 1 aliphatic rings. The van der Waals surface area contributed by atoms with Crippen LogP contribution in [0.25, 0.3) is 0 Å². The number of nitrogens with one attached hydrogen (secondary N) is 2. The molecule has 1 saturated carbocycles. The zero-order valence-corrected chi connectivity index (χ0v) is 11.6. The van der Waals surface area contributed by atoms with Gasteiger partial charge in [0.15, 0.2) is 0 Å². The molecule has 5 heteroatoms. The summed E-state index contributed by atoms with van der Waals surface area (Å²) in [5.74, 6) is 0.737. The van der Waals surface area contributed by atoms with Crippen molar-refractivity contribution in [1.82, 2.24) is 10.6 Å². The van der Waals surface area contributed by atoms with Crippen molar-refractivity contribution in [3.63, 3.8) is 0 Å². The molecule has 0 aromatic carbocycles. The van der Waals surface area contributed by atoms with Crippen molar-refractivity contribution in [2.45, 2.75) is 33.6 Å². The minimum atomic E-state index is -0.433. The highest BCUT2D eigenvalue weighted by molar-refractivity contribution is 5.88. The van der Waals surface area contributed by atoms with E-state index in [1.54, 1.807) is 0 Å². The topological polar surface area (TPSA) is 84.2 Å². The fourth-order valence-electron chi connectivity index (χ4n) is 2.45. The molecule has 0 radical (unpaired) electrons. The quantitative estimate of drug-likeness (QED) is 0.636. The van der Waals surface area contributed by atoms with E-state index in [2.05, 4.69) is 17.6 Å². The highest BCUT2D eigenvalue weighted by Crippen LogP contribution is 2.44. The second kappa shape index (κ2) is 6.18. The van der Waals surface area contributed by atoms with Gasteiger partial charge in [0, 0.05) is 13.1 Å². The van der Waals surface area contributed by atoms with Crippen molar-refractivity contribution < 1.29 is 9.59 Å². The van der Waals surface area contributed by atoms with Crippen molar-refractivity contribution in [2.24, 2.45) is 23.0 Å².